The predicted molar refractivity (Wildman–Crippen MR) is 104 cm³/mol. The molecule has 1 aromatic heterocycles. The molecule has 1 aromatic carbocycles. The van der Waals surface area contributed by atoms with Crippen LogP contribution in [0.3, 0.4) is 0 Å². The van der Waals surface area contributed by atoms with Gasteiger partial charge in [0.15, 0.2) is 0 Å². The molecule has 144 valence electrons. The number of rotatable bonds is 4. The summed E-state index contributed by atoms with van der Waals surface area (Å²) in [6.07, 6.45) is 5.32. The van der Waals surface area contributed by atoms with Crippen LogP contribution in [0.2, 0.25) is 0 Å². The van der Waals surface area contributed by atoms with Gasteiger partial charge in [0.2, 0.25) is 5.91 Å². The van der Waals surface area contributed by atoms with Gasteiger partial charge in [0.25, 0.3) is 5.91 Å². The third-order valence-electron chi connectivity index (χ3n) is 5.41. The van der Waals surface area contributed by atoms with Gasteiger partial charge in [-0.05, 0) is 25.0 Å². The van der Waals surface area contributed by atoms with E-state index in [2.05, 4.69) is 10.4 Å². The van der Waals surface area contributed by atoms with Crippen LogP contribution in [0.1, 0.15) is 24.8 Å². The molecule has 0 radical (unpaired) electrons. The van der Waals surface area contributed by atoms with Crippen LogP contribution in [-0.2, 0) is 21.4 Å². The maximum atomic E-state index is 12.9. The molecule has 0 fully saturated rings. The summed E-state index contributed by atoms with van der Waals surface area (Å²) >= 11 is 0. The molecule has 28 heavy (non-hydrogen) atoms. The summed E-state index contributed by atoms with van der Waals surface area (Å²) in [4.78, 5) is 25.2. The monoisotopic (exact) mass is 378 g/mol. The number of hydrogen-bond acceptors (Lipinski definition) is 4. The van der Waals surface area contributed by atoms with Crippen molar-refractivity contribution >= 4 is 17.5 Å². The molecule has 1 aliphatic carbocycles. The normalized spacial score (nSPS) is 23.6. The van der Waals surface area contributed by atoms with E-state index in [4.69, 9.17) is 10.5 Å². The van der Waals surface area contributed by atoms with Crippen LogP contribution in [0.4, 0.5) is 5.69 Å². The van der Waals surface area contributed by atoms with Crippen molar-refractivity contribution in [3.63, 3.8) is 0 Å². The SMILES string of the molecule is Cn1cc(NC(=O)C2=CC3=C(OCC3c3ccccc3)C(C)(C(N)=O)C2)cn1. The molecule has 0 saturated carbocycles. The van der Waals surface area contributed by atoms with Crippen molar-refractivity contribution in [1.82, 2.24) is 9.78 Å². The summed E-state index contributed by atoms with van der Waals surface area (Å²) in [5, 5.41) is 6.89. The molecular formula is C21H22N4O3. The Morgan fingerprint density at radius 2 is 2.07 bits per heavy atom. The first-order valence-electron chi connectivity index (χ1n) is 9.11. The third kappa shape index (κ3) is 2.98. The summed E-state index contributed by atoms with van der Waals surface area (Å²) in [6, 6.07) is 9.91. The molecule has 7 nitrogen and oxygen atoms in total. The van der Waals surface area contributed by atoms with Crippen LogP contribution in [0.5, 0.6) is 0 Å². The summed E-state index contributed by atoms with van der Waals surface area (Å²) in [6.45, 7) is 2.16. The highest BCUT2D eigenvalue weighted by molar-refractivity contribution is 6.05. The van der Waals surface area contributed by atoms with E-state index in [1.165, 1.54) is 0 Å². The van der Waals surface area contributed by atoms with Crippen LogP contribution in [0, 0.1) is 5.41 Å². The van der Waals surface area contributed by atoms with Gasteiger partial charge < -0.3 is 15.8 Å². The highest BCUT2D eigenvalue weighted by atomic mass is 16.5. The smallest absolute Gasteiger partial charge is 0.251 e. The van der Waals surface area contributed by atoms with Gasteiger partial charge in [0, 0.05) is 30.3 Å². The van der Waals surface area contributed by atoms with Gasteiger partial charge in [-0.3, -0.25) is 14.3 Å². The van der Waals surface area contributed by atoms with Crippen LogP contribution in [0.25, 0.3) is 0 Å². The first-order valence-corrected chi connectivity index (χ1v) is 9.11. The minimum atomic E-state index is -1.06. The molecule has 2 unspecified atom stereocenters. The summed E-state index contributed by atoms with van der Waals surface area (Å²) < 4.78 is 7.55. The van der Waals surface area contributed by atoms with Crippen LogP contribution in [0.15, 0.2) is 65.7 Å². The predicted octanol–water partition coefficient (Wildman–Crippen LogP) is 2.25. The Kier molecular flexibility index (Phi) is 4.30. The maximum absolute atomic E-state index is 12.9. The van der Waals surface area contributed by atoms with Crippen molar-refractivity contribution in [2.75, 3.05) is 11.9 Å². The Labute approximate surface area is 162 Å². The lowest BCUT2D eigenvalue weighted by atomic mass is 9.73. The fourth-order valence-corrected chi connectivity index (χ4v) is 3.85. The van der Waals surface area contributed by atoms with Crippen molar-refractivity contribution in [1.29, 1.82) is 0 Å². The molecule has 3 N–H and O–H groups in total. The van der Waals surface area contributed by atoms with E-state index in [-0.39, 0.29) is 18.2 Å². The second kappa shape index (κ2) is 6.67. The lowest BCUT2D eigenvalue weighted by Crippen LogP contribution is -2.39. The second-order valence-corrected chi connectivity index (χ2v) is 7.46. The maximum Gasteiger partial charge on any atom is 0.251 e. The largest absolute Gasteiger partial charge is 0.495 e. The molecule has 2 amide bonds. The van der Waals surface area contributed by atoms with Crippen molar-refractivity contribution in [2.45, 2.75) is 19.3 Å². The number of aryl methyl sites for hydroxylation is 1. The van der Waals surface area contributed by atoms with E-state index in [9.17, 15) is 9.59 Å². The summed E-state index contributed by atoms with van der Waals surface area (Å²) in [5.41, 5.74) is 7.68. The number of nitrogens with zero attached hydrogens (tertiary/aromatic N) is 2. The lowest BCUT2D eigenvalue weighted by Gasteiger charge is -2.31. The minimum absolute atomic E-state index is 0.0450. The van der Waals surface area contributed by atoms with Gasteiger partial charge in [-0.1, -0.05) is 30.3 Å². The Morgan fingerprint density at radius 1 is 1.32 bits per heavy atom. The van der Waals surface area contributed by atoms with Crippen LogP contribution in [-0.4, -0.2) is 28.2 Å². The van der Waals surface area contributed by atoms with Gasteiger partial charge in [-0.25, -0.2) is 0 Å². The summed E-state index contributed by atoms with van der Waals surface area (Å²) in [5.74, 6) is -0.248. The topological polar surface area (TPSA) is 99.2 Å². The van der Waals surface area contributed by atoms with Gasteiger partial charge in [-0.2, -0.15) is 5.10 Å². The molecule has 7 heteroatoms. The fourth-order valence-electron chi connectivity index (χ4n) is 3.85. The Bertz CT molecular complexity index is 1010. The van der Waals surface area contributed by atoms with Crippen molar-refractivity contribution < 1.29 is 14.3 Å². The number of amides is 2. The van der Waals surface area contributed by atoms with Gasteiger partial charge in [0.1, 0.15) is 11.2 Å². The molecule has 2 heterocycles. The summed E-state index contributed by atoms with van der Waals surface area (Å²) in [7, 11) is 1.77. The van der Waals surface area contributed by atoms with Gasteiger partial charge >= 0.3 is 0 Å². The Balaban J connectivity index is 1.72. The Morgan fingerprint density at radius 3 is 2.71 bits per heavy atom. The van der Waals surface area contributed by atoms with E-state index in [0.29, 0.717) is 23.6 Å². The number of nitrogens with one attached hydrogen (secondary N) is 1. The Hall–Kier alpha value is -3.35. The first-order chi connectivity index (χ1) is 13.4. The first kappa shape index (κ1) is 18.0. The molecule has 0 spiro atoms. The number of allylic oxidation sites excluding steroid dienone is 1. The molecular weight excluding hydrogens is 356 g/mol. The van der Waals surface area contributed by atoms with Crippen molar-refractivity contribution in [3.8, 4) is 0 Å². The lowest BCUT2D eigenvalue weighted by molar-refractivity contribution is -0.126. The van der Waals surface area contributed by atoms with Crippen molar-refractivity contribution in [2.24, 2.45) is 18.2 Å². The minimum Gasteiger partial charge on any atom is -0.495 e. The number of hydrogen-bond donors (Lipinski definition) is 2. The highest BCUT2D eigenvalue weighted by Gasteiger charge is 2.47. The number of ether oxygens (including phenoxy) is 1. The third-order valence-corrected chi connectivity index (χ3v) is 5.41. The quantitative estimate of drug-likeness (QED) is 0.852. The molecule has 1 aliphatic heterocycles. The molecule has 2 aliphatic rings. The zero-order valence-electron chi connectivity index (χ0n) is 15.8. The number of primary amides is 1. The van der Waals surface area contributed by atoms with E-state index < -0.39 is 11.3 Å². The van der Waals surface area contributed by atoms with Crippen molar-refractivity contribution in [3.05, 3.63) is 71.3 Å². The van der Waals surface area contributed by atoms with E-state index in [1.54, 1.807) is 31.0 Å². The molecule has 4 rings (SSSR count). The van der Waals surface area contributed by atoms with Crippen LogP contribution >= 0.6 is 0 Å². The fraction of sp³-hybridized carbons (Fsp3) is 0.286. The van der Waals surface area contributed by atoms with E-state index in [1.807, 2.05) is 36.4 Å². The molecule has 2 aromatic rings. The van der Waals surface area contributed by atoms with E-state index >= 15 is 0 Å². The number of carbonyl (C=O) groups is 2. The van der Waals surface area contributed by atoms with Crippen LogP contribution < -0.4 is 11.1 Å². The molecule has 2 atom stereocenters. The molecule has 0 bridgehead atoms. The van der Waals surface area contributed by atoms with E-state index in [0.717, 1.165) is 11.1 Å². The number of aromatic nitrogens is 2. The number of anilines is 1. The molecule has 0 saturated heterocycles. The highest BCUT2D eigenvalue weighted by Crippen LogP contribution is 2.49. The van der Waals surface area contributed by atoms with Gasteiger partial charge in [-0.15, -0.1) is 0 Å². The standard InChI is InChI=1S/C21H22N4O3/c1-21(20(22)27)9-14(19(26)24-15-10-23-25(2)11-15)8-16-17(12-28-18(16)21)13-6-4-3-5-7-13/h3-8,10-11,17H,9,12H2,1-2H3,(H2,22,27)(H,24,26). The zero-order valence-corrected chi connectivity index (χ0v) is 15.8. The second-order valence-electron chi connectivity index (χ2n) is 7.46. The number of nitrogens with two attached hydrogens (primary N) is 1. The average Bonchev–Trinajstić information content (AvgIpc) is 3.28. The number of benzene rings is 1. The number of carbonyl (C=O) groups excluding carboxylic acids is 2. The van der Waals surface area contributed by atoms with Gasteiger partial charge in [0.05, 0.1) is 18.5 Å². The zero-order chi connectivity index (χ0) is 19.9. The average molecular weight is 378 g/mol.